The number of amides is 1. The molecule has 0 saturated carbocycles. The third-order valence-corrected chi connectivity index (χ3v) is 2.05. The van der Waals surface area contributed by atoms with Crippen LogP contribution < -0.4 is 9.46 Å². The van der Waals surface area contributed by atoms with Crippen LogP contribution in [0.4, 0.5) is 4.79 Å². The predicted octanol–water partition coefficient (Wildman–Crippen LogP) is 1.07. The number of halogens is 1. The second kappa shape index (κ2) is 4.95. The summed E-state index contributed by atoms with van der Waals surface area (Å²) in [4.78, 5) is 21.3. The first-order valence-electron chi connectivity index (χ1n) is 3.90. The minimum atomic E-state index is -4.18. The fourth-order valence-electron chi connectivity index (χ4n) is 0.879. The Balaban J connectivity index is 2.73. The predicted molar refractivity (Wildman–Crippen MR) is 55.8 cm³/mol. The van der Waals surface area contributed by atoms with E-state index in [9.17, 15) is 18.0 Å². The van der Waals surface area contributed by atoms with Gasteiger partial charge < -0.3 is 4.74 Å². The maximum Gasteiger partial charge on any atom is 0.427 e. The number of aldehydes is 1. The quantitative estimate of drug-likeness (QED) is 0.651. The number of carbonyl (C=O) groups is 2. The number of nitrogens with one attached hydrogen (secondary N) is 1. The van der Waals surface area contributed by atoms with Crippen molar-refractivity contribution in [1.29, 1.82) is 0 Å². The molecule has 16 heavy (non-hydrogen) atoms. The van der Waals surface area contributed by atoms with Gasteiger partial charge >= 0.3 is 15.3 Å². The average Bonchev–Trinajstić information content (AvgIpc) is 2.15. The summed E-state index contributed by atoms with van der Waals surface area (Å²) in [5.74, 6) is 0.0300. The van der Waals surface area contributed by atoms with Gasteiger partial charge in [-0.15, -0.1) is 0 Å². The Morgan fingerprint density at radius 3 is 2.69 bits per heavy atom. The molecule has 0 heterocycles. The highest BCUT2D eigenvalue weighted by atomic mass is 35.7. The Hall–Kier alpha value is -1.60. The molecule has 1 amide bonds. The minimum Gasteiger partial charge on any atom is -0.410 e. The van der Waals surface area contributed by atoms with Crippen molar-refractivity contribution in [2.45, 2.75) is 0 Å². The molecule has 0 saturated heterocycles. The molecule has 1 N–H and O–H groups in total. The Morgan fingerprint density at radius 1 is 1.44 bits per heavy atom. The summed E-state index contributed by atoms with van der Waals surface area (Å²) in [6.07, 6.45) is -0.693. The smallest absolute Gasteiger partial charge is 0.410 e. The van der Waals surface area contributed by atoms with E-state index in [1.165, 1.54) is 29.0 Å². The first-order valence-corrected chi connectivity index (χ1v) is 6.21. The van der Waals surface area contributed by atoms with E-state index in [1.807, 2.05) is 0 Å². The van der Waals surface area contributed by atoms with Gasteiger partial charge in [-0.2, -0.15) is 8.42 Å². The van der Waals surface area contributed by atoms with Gasteiger partial charge in [-0.1, -0.05) is 12.1 Å². The first kappa shape index (κ1) is 12.5. The molecule has 1 aromatic rings. The topological polar surface area (TPSA) is 89.5 Å². The third kappa shape index (κ3) is 4.28. The summed E-state index contributed by atoms with van der Waals surface area (Å²) in [6, 6.07) is 5.62. The van der Waals surface area contributed by atoms with E-state index in [4.69, 9.17) is 10.7 Å². The fourth-order valence-corrected chi connectivity index (χ4v) is 1.31. The Kier molecular flexibility index (Phi) is 3.86. The van der Waals surface area contributed by atoms with Crippen molar-refractivity contribution >= 4 is 32.3 Å². The Morgan fingerprint density at radius 2 is 2.12 bits per heavy atom. The van der Waals surface area contributed by atoms with Crippen LogP contribution in [0.25, 0.3) is 0 Å². The van der Waals surface area contributed by atoms with E-state index >= 15 is 0 Å². The molecule has 0 bridgehead atoms. The van der Waals surface area contributed by atoms with E-state index in [-0.39, 0.29) is 5.75 Å². The molecule has 0 aliphatic carbocycles. The Bertz CT molecular complexity index is 513. The van der Waals surface area contributed by atoms with Crippen molar-refractivity contribution in [2.75, 3.05) is 0 Å². The van der Waals surface area contributed by atoms with Crippen LogP contribution in [0, 0.1) is 0 Å². The lowest BCUT2D eigenvalue weighted by Crippen LogP contribution is -2.29. The molecule has 0 unspecified atom stereocenters. The number of ether oxygens (including phenoxy) is 1. The van der Waals surface area contributed by atoms with Gasteiger partial charge in [-0.3, -0.25) is 4.79 Å². The molecule has 0 fully saturated rings. The molecule has 0 aliphatic heterocycles. The highest BCUT2D eigenvalue weighted by molar-refractivity contribution is 8.12. The second-order valence-electron chi connectivity index (χ2n) is 2.62. The third-order valence-electron chi connectivity index (χ3n) is 1.41. The van der Waals surface area contributed by atoms with Gasteiger partial charge in [0.1, 0.15) is 12.0 Å². The number of rotatable bonds is 3. The van der Waals surface area contributed by atoms with Crippen LogP contribution >= 0.6 is 10.7 Å². The van der Waals surface area contributed by atoms with Crippen molar-refractivity contribution in [3.05, 3.63) is 29.8 Å². The summed E-state index contributed by atoms with van der Waals surface area (Å²) in [5.41, 5.74) is 0.291. The van der Waals surface area contributed by atoms with Crippen LogP contribution in [-0.4, -0.2) is 20.8 Å². The summed E-state index contributed by atoms with van der Waals surface area (Å²) in [6.45, 7) is 0. The molecular formula is C8H6ClNO5S. The monoisotopic (exact) mass is 263 g/mol. The second-order valence-corrected chi connectivity index (χ2v) is 4.92. The summed E-state index contributed by atoms with van der Waals surface area (Å²) >= 11 is 0. The van der Waals surface area contributed by atoms with Crippen molar-refractivity contribution in [2.24, 2.45) is 0 Å². The zero-order valence-corrected chi connectivity index (χ0v) is 9.29. The maximum absolute atomic E-state index is 10.9. The van der Waals surface area contributed by atoms with Gasteiger partial charge in [0.2, 0.25) is 0 Å². The molecule has 6 nitrogen and oxygen atoms in total. The molecule has 1 aromatic carbocycles. The SMILES string of the molecule is O=Cc1cccc(OC(=O)NS(=O)(=O)Cl)c1. The number of benzene rings is 1. The molecule has 86 valence electrons. The standard InChI is InChI=1S/C8H6ClNO5S/c9-16(13,14)10-8(12)15-7-3-1-2-6(4-7)5-11/h1-5H,(H,10,12). The van der Waals surface area contributed by atoms with E-state index in [0.717, 1.165) is 0 Å². The summed E-state index contributed by atoms with van der Waals surface area (Å²) in [7, 11) is 0.576. The molecule has 0 radical (unpaired) electrons. The van der Waals surface area contributed by atoms with E-state index < -0.39 is 15.3 Å². The van der Waals surface area contributed by atoms with Crippen LogP contribution in [0.1, 0.15) is 10.4 Å². The molecular weight excluding hydrogens is 258 g/mol. The van der Waals surface area contributed by atoms with Crippen LogP contribution in [0.15, 0.2) is 24.3 Å². The fraction of sp³-hybridized carbons (Fsp3) is 0. The zero-order chi connectivity index (χ0) is 12.2. The van der Waals surface area contributed by atoms with E-state index in [2.05, 4.69) is 4.74 Å². The molecule has 0 aromatic heterocycles. The minimum absolute atomic E-state index is 0.0300. The van der Waals surface area contributed by atoms with Crippen LogP contribution in [0.3, 0.4) is 0 Å². The molecule has 0 aliphatic rings. The number of hydrogen-bond acceptors (Lipinski definition) is 5. The average molecular weight is 264 g/mol. The van der Waals surface area contributed by atoms with Gasteiger partial charge in [-0.05, 0) is 12.1 Å². The lowest BCUT2D eigenvalue weighted by molar-refractivity contribution is 0.112. The van der Waals surface area contributed by atoms with Crippen molar-refractivity contribution < 1.29 is 22.7 Å². The number of hydrogen-bond donors (Lipinski definition) is 1. The molecule has 8 heteroatoms. The van der Waals surface area contributed by atoms with Crippen molar-refractivity contribution in [3.63, 3.8) is 0 Å². The normalized spacial score (nSPS) is 10.6. The van der Waals surface area contributed by atoms with E-state index in [1.54, 1.807) is 0 Å². The largest absolute Gasteiger partial charge is 0.427 e. The molecule has 1 rings (SSSR count). The van der Waals surface area contributed by atoms with Gasteiger partial charge in [0.15, 0.2) is 0 Å². The Labute approximate surface area is 95.7 Å². The number of carbonyl (C=O) groups excluding carboxylic acids is 2. The van der Waals surface area contributed by atoms with Crippen molar-refractivity contribution in [3.8, 4) is 5.75 Å². The highest BCUT2D eigenvalue weighted by Crippen LogP contribution is 2.12. The van der Waals surface area contributed by atoms with E-state index in [0.29, 0.717) is 11.8 Å². The van der Waals surface area contributed by atoms with Gasteiger partial charge in [-0.25, -0.2) is 9.52 Å². The lowest BCUT2D eigenvalue weighted by Gasteiger charge is -2.03. The summed E-state index contributed by atoms with van der Waals surface area (Å²) in [5, 5.41) is 0. The lowest BCUT2D eigenvalue weighted by atomic mass is 10.2. The van der Waals surface area contributed by atoms with Crippen LogP contribution in [-0.2, 0) is 9.24 Å². The van der Waals surface area contributed by atoms with Gasteiger partial charge in [0.25, 0.3) is 0 Å². The van der Waals surface area contributed by atoms with Crippen molar-refractivity contribution in [1.82, 2.24) is 4.72 Å². The molecule has 0 spiro atoms. The highest BCUT2D eigenvalue weighted by Gasteiger charge is 2.12. The summed E-state index contributed by atoms with van der Waals surface area (Å²) < 4.78 is 26.9. The first-order chi connectivity index (χ1) is 7.40. The van der Waals surface area contributed by atoms with Crippen LogP contribution in [0.5, 0.6) is 5.75 Å². The van der Waals surface area contributed by atoms with Gasteiger partial charge in [0, 0.05) is 16.2 Å². The molecule has 0 atom stereocenters. The van der Waals surface area contributed by atoms with Gasteiger partial charge in [0.05, 0.1) is 0 Å². The zero-order valence-electron chi connectivity index (χ0n) is 7.71. The van der Waals surface area contributed by atoms with Crippen LogP contribution in [0.2, 0.25) is 0 Å². The maximum atomic E-state index is 10.9.